The van der Waals surface area contributed by atoms with Gasteiger partial charge in [0.25, 0.3) is 0 Å². The Morgan fingerprint density at radius 3 is 2.91 bits per heavy atom. The van der Waals surface area contributed by atoms with Gasteiger partial charge in [0.1, 0.15) is 10.8 Å². The molecule has 0 aliphatic carbocycles. The molecule has 3 aromatic rings. The molecule has 0 saturated heterocycles. The number of carbonyl (C=O) groups is 1. The summed E-state index contributed by atoms with van der Waals surface area (Å²) < 4.78 is 13.5. The molecule has 2 heterocycles. The van der Waals surface area contributed by atoms with E-state index >= 15 is 0 Å². The summed E-state index contributed by atoms with van der Waals surface area (Å²) in [6, 6.07) is 6.14. The van der Waals surface area contributed by atoms with Crippen LogP contribution >= 0.6 is 38.6 Å². The van der Waals surface area contributed by atoms with Gasteiger partial charge in [0, 0.05) is 20.8 Å². The van der Waals surface area contributed by atoms with Gasteiger partial charge >= 0.3 is 0 Å². The van der Waals surface area contributed by atoms with E-state index in [0.717, 1.165) is 16.3 Å². The van der Waals surface area contributed by atoms with E-state index in [2.05, 4.69) is 26.2 Å². The highest BCUT2D eigenvalue weighted by Crippen LogP contribution is 2.26. The van der Waals surface area contributed by atoms with Crippen molar-refractivity contribution in [3.05, 3.63) is 56.4 Å². The fourth-order valence-corrected chi connectivity index (χ4v) is 3.84. The van der Waals surface area contributed by atoms with Crippen LogP contribution in [0, 0.1) is 5.82 Å². The average Bonchev–Trinajstić information content (AvgIpc) is 3.12. The van der Waals surface area contributed by atoms with E-state index in [1.54, 1.807) is 11.3 Å². The van der Waals surface area contributed by atoms with Crippen LogP contribution in [0.4, 0.5) is 10.1 Å². The van der Waals surface area contributed by atoms with Crippen LogP contribution in [0.1, 0.15) is 5.69 Å². The van der Waals surface area contributed by atoms with Crippen molar-refractivity contribution in [2.45, 2.75) is 6.42 Å². The summed E-state index contributed by atoms with van der Waals surface area (Å²) in [5.41, 5.74) is 2.34. The first-order chi connectivity index (χ1) is 10.6. The number of halogens is 2. The molecule has 0 unspecified atom stereocenters. The zero-order valence-electron chi connectivity index (χ0n) is 11.2. The van der Waals surface area contributed by atoms with Crippen LogP contribution < -0.4 is 5.32 Å². The van der Waals surface area contributed by atoms with Gasteiger partial charge in [0.15, 0.2) is 0 Å². The Labute approximate surface area is 143 Å². The average molecular weight is 397 g/mol. The fourth-order valence-electron chi connectivity index (χ4n) is 1.86. The molecule has 112 valence electrons. The first-order valence-corrected chi connectivity index (χ1v) is 8.95. The molecule has 0 bridgehead atoms. The molecule has 0 radical (unpaired) electrons. The van der Waals surface area contributed by atoms with E-state index in [1.807, 2.05) is 22.2 Å². The lowest BCUT2D eigenvalue weighted by atomic mass is 10.2. The van der Waals surface area contributed by atoms with Crippen molar-refractivity contribution in [1.82, 2.24) is 4.98 Å². The lowest BCUT2D eigenvalue weighted by Crippen LogP contribution is -2.15. The molecule has 0 aliphatic heterocycles. The Morgan fingerprint density at radius 1 is 1.32 bits per heavy atom. The van der Waals surface area contributed by atoms with Gasteiger partial charge in [-0.2, -0.15) is 11.3 Å². The molecule has 1 amide bonds. The summed E-state index contributed by atoms with van der Waals surface area (Å²) in [6.07, 6.45) is 0.185. The normalized spacial score (nSPS) is 10.6. The minimum Gasteiger partial charge on any atom is -0.325 e. The quantitative estimate of drug-likeness (QED) is 0.677. The number of anilines is 1. The number of benzene rings is 1. The molecule has 1 N–H and O–H groups in total. The second-order valence-electron chi connectivity index (χ2n) is 4.51. The molecule has 22 heavy (non-hydrogen) atoms. The molecule has 0 saturated carbocycles. The van der Waals surface area contributed by atoms with Crippen LogP contribution in [-0.4, -0.2) is 10.9 Å². The second-order valence-corrected chi connectivity index (χ2v) is 7.00. The molecule has 2 aromatic heterocycles. The molecular formula is C15H10BrFN2OS2. The van der Waals surface area contributed by atoms with E-state index in [4.69, 9.17) is 0 Å². The summed E-state index contributed by atoms with van der Waals surface area (Å²) >= 11 is 6.36. The van der Waals surface area contributed by atoms with Gasteiger partial charge in [-0.3, -0.25) is 4.79 Å². The van der Waals surface area contributed by atoms with Crippen LogP contribution in [0.3, 0.4) is 0 Å². The number of thiazole rings is 1. The fraction of sp³-hybridized carbons (Fsp3) is 0.0667. The number of rotatable bonds is 4. The van der Waals surface area contributed by atoms with Crippen molar-refractivity contribution < 1.29 is 9.18 Å². The minimum absolute atomic E-state index is 0.185. The number of nitrogens with one attached hydrogen (secondary N) is 1. The van der Waals surface area contributed by atoms with Crippen LogP contribution in [-0.2, 0) is 11.2 Å². The zero-order chi connectivity index (χ0) is 15.5. The molecule has 0 atom stereocenters. The molecule has 0 spiro atoms. The number of nitrogens with zero attached hydrogens (tertiary/aromatic N) is 1. The molecule has 0 aliphatic rings. The Balaban J connectivity index is 1.67. The standard InChI is InChI=1S/C15H10BrFN2OS2/c16-12-5-10(17)1-2-13(12)19-14(20)6-11-8-22-15(18-11)9-3-4-21-7-9/h1-5,7-8H,6H2,(H,19,20). The van der Waals surface area contributed by atoms with Gasteiger partial charge in [-0.05, 0) is 45.6 Å². The van der Waals surface area contributed by atoms with Crippen molar-refractivity contribution in [2.75, 3.05) is 5.32 Å². The van der Waals surface area contributed by atoms with E-state index in [9.17, 15) is 9.18 Å². The SMILES string of the molecule is O=C(Cc1csc(-c2ccsc2)n1)Nc1ccc(F)cc1Br. The van der Waals surface area contributed by atoms with Gasteiger partial charge < -0.3 is 5.32 Å². The molecule has 7 heteroatoms. The number of carbonyl (C=O) groups excluding carboxylic acids is 1. The summed E-state index contributed by atoms with van der Waals surface area (Å²) in [7, 11) is 0. The molecule has 1 aromatic carbocycles. The Bertz CT molecular complexity index is 802. The van der Waals surface area contributed by atoms with E-state index in [0.29, 0.717) is 10.2 Å². The third-order valence-electron chi connectivity index (χ3n) is 2.87. The van der Waals surface area contributed by atoms with E-state index in [1.165, 1.54) is 29.5 Å². The predicted octanol–water partition coefficient (Wildman–Crippen LogP) is 4.95. The van der Waals surface area contributed by atoms with Crippen molar-refractivity contribution in [2.24, 2.45) is 0 Å². The van der Waals surface area contributed by atoms with Crippen LogP contribution in [0.5, 0.6) is 0 Å². The predicted molar refractivity (Wildman–Crippen MR) is 91.9 cm³/mol. The van der Waals surface area contributed by atoms with Gasteiger partial charge in [-0.25, -0.2) is 9.37 Å². The number of amides is 1. The number of thiophene rings is 1. The smallest absolute Gasteiger partial charge is 0.230 e. The molecule has 3 rings (SSSR count). The van der Waals surface area contributed by atoms with Gasteiger partial charge in [-0.1, -0.05) is 0 Å². The monoisotopic (exact) mass is 396 g/mol. The first-order valence-electron chi connectivity index (χ1n) is 6.34. The van der Waals surface area contributed by atoms with E-state index < -0.39 is 0 Å². The summed E-state index contributed by atoms with van der Waals surface area (Å²) in [5.74, 6) is -0.542. The summed E-state index contributed by atoms with van der Waals surface area (Å²) in [4.78, 5) is 16.5. The number of hydrogen-bond acceptors (Lipinski definition) is 4. The largest absolute Gasteiger partial charge is 0.325 e. The Hall–Kier alpha value is -1.57. The Kier molecular flexibility index (Phi) is 4.66. The Morgan fingerprint density at radius 2 is 2.18 bits per heavy atom. The number of aromatic nitrogens is 1. The highest BCUT2D eigenvalue weighted by molar-refractivity contribution is 9.10. The van der Waals surface area contributed by atoms with Crippen molar-refractivity contribution in [3.8, 4) is 10.6 Å². The maximum atomic E-state index is 13.0. The second kappa shape index (κ2) is 6.68. The third kappa shape index (κ3) is 3.60. The summed E-state index contributed by atoms with van der Waals surface area (Å²) in [6.45, 7) is 0. The molecular weight excluding hydrogens is 387 g/mol. The van der Waals surface area contributed by atoms with Crippen LogP contribution in [0.25, 0.3) is 10.6 Å². The van der Waals surface area contributed by atoms with Crippen molar-refractivity contribution in [3.63, 3.8) is 0 Å². The highest BCUT2D eigenvalue weighted by Gasteiger charge is 2.11. The van der Waals surface area contributed by atoms with Crippen LogP contribution in [0.2, 0.25) is 0 Å². The van der Waals surface area contributed by atoms with Crippen LogP contribution in [0.15, 0.2) is 44.9 Å². The van der Waals surface area contributed by atoms with E-state index in [-0.39, 0.29) is 18.1 Å². The highest BCUT2D eigenvalue weighted by atomic mass is 79.9. The van der Waals surface area contributed by atoms with Gasteiger partial charge in [-0.15, -0.1) is 11.3 Å². The minimum atomic E-state index is -0.357. The maximum Gasteiger partial charge on any atom is 0.230 e. The lowest BCUT2D eigenvalue weighted by Gasteiger charge is -2.06. The number of hydrogen-bond donors (Lipinski definition) is 1. The van der Waals surface area contributed by atoms with Gasteiger partial charge in [0.05, 0.1) is 17.8 Å². The molecule has 3 nitrogen and oxygen atoms in total. The summed E-state index contributed by atoms with van der Waals surface area (Å²) in [5, 5.41) is 9.56. The topological polar surface area (TPSA) is 42.0 Å². The zero-order valence-corrected chi connectivity index (χ0v) is 14.4. The van der Waals surface area contributed by atoms with Crippen molar-refractivity contribution >= 4 is 50.2 Å². The third-order valence-corrected chi connectivity index (χ3v) is 5.15. The first kappa shape index (κ1) is 15.3. The molecule has 0 fully saturated rings. The lowest BCUT2D eigenvalue weighted by molar-refractivity contribution is -0.115. The maximum absolute atomic E-state index is 13.0. The van der Waals surface area contributed by atoms with Gasteiger partial charge in [0.2, 0.25) is 5.91 Å². The van der Waals surface area contributed by atoms with Crippen molar-refractivity contribution in [1.29, 1.82) is 0 Å².